The number of pyridine rings is 1. The number of carbonyl (C=O) groups excluding carboxylic acids is 1. The third kappa shape index (κ3) is 5.01. The molecule has 1 aromatic heterocycles. The highest BCUT2D eigenvalue weighted by molar-refractivity contribution is 5.94. The zero-order chi connectivity index (χ0) is 20.9. The van der Waals surface area contributed by atoms with Gasteiger partial charge in [0.15, 0.2) is 0 Å². The van der Waals surface area contributed by atoms with Gasteiger partial charge in [-0.2, -0.15) is 0 Å². The second-order valence-corrected chi connectivity index (χ2v) is 8.89. The molecule has 5 heteroatoms. The molecule has 0 spiro atoms. The Morgan fingerprint density at radius 3 is 2.60 bits per heavy atom. The Morgan fingerprint density at radius 2 is 1.90 bits per heavy atom. The van der Waals surface area contributed by atoms with E-state index in [1.54, 1.807) is 6.20 Å². The van der Waals surface area contributed by atoms with Crippen molar-refractivity contribution >= 4 is 11.7 Å². The normalized spacial score (nSPS) is 22.7. The molecule has 2 atom stereocenters. The molecule has 1 aromatic carbocycles. The number of benzene rings is 1. The number of ether oxygens (including phenoxy) is 1. The van der Waals surface area contributed by atoms with Gasteiger partial charge in [-0.25, -0.2) is 4.98 Å². The number of rotatable bonds is 5. The molecule has 1 amide bonds. The Labute approximate surface area is 179 Å². The predicted molar refractivity (Wildman–Crippen MR) is 120 cm³/mol. The van der Waals surface area contributed by atoms with Crippen LogP contribution >= 0.6 is 0 Å². The summed E-state index contributed by atoms with van der Waals surface area (Å²) < 4.78 is 6.12. The minimum Gasteiger partial charge on any atom is -0.373 e. The summed E-state index contributed by atoms with van der Waals surface area (Å²) in [7, 11) is 0. The lowest BCUT2D eigenvalue weighted by atomic mass is 9.89. The van der Waals surface area contributed by atoms with Crippen molar-refractivity contribution in [2.75, 3.05) is 31.6 Å². The quantitative estimate of drug-likeness (QED) is 0.770. The summed E-state index contributed by atoms with van der Waals surface area (Å²) in [6.45, 7) is 7.69. The molecule has 0 saturated carbocycles. The van der Waals surface area contributed by atoms with Gasteiger partial charge in [0.1, 0.15) is 5.82 Å². The maximum Gasteiger partial charge on any atom is 0.255 e. The fourth-order valence-electron chi connectivity index (χ4n) is 4.43. The second kappa shape index (κ2) is 9.61. The summed E-state index contributed by atoms with van der Waals surface area (Å²) in [5.74, 6) is 2.03. The Balaban J connectivity index is 1.35. The van der Waals surface area contributed by atoms with Gasteiger partial charge in [-0.3, -0.25) is 4.79 Å². The molecule has 5 nitrogen and oxygen atoms in total. The van der Waals surface area contributed by atoms with Gasteiger partial charge in [0.2, 0.25) is 0 Å². The van der Waals surface area contributed by atoms with Crippen LogP contribution in [0.5, 0.6) is 0 Å². The number of hydrogen-bond donors (Lipinski definition) is 1. The minimum atomic E-state index is 0.0982. The molecule has 2 aromatic rings. The number of aromatic nitrogens is 1. The van der Waals surface area contributed by atoms with E-state index in [9.17, 15) is 4.79 Å². The molecular formula is C25H33N3O2. The first-order valence-electron chi connectivity index (χ1n) is 11.3. The molecule has 1 N–H and O–H groups in total. The highest BCUT2D eigenvalue weighted by atomic mass is 16.5. The van der Waals surface area contributed by atoms with Crippen LogP contribution in [0.4, 0.5) is 5.82 Å². The van der Waals surface area contributed by atoms with Crippen LogP contribution in [0.15, 0.2) is 42.6 Å². The molecule has 2 saturated heterocycles. The van der Waals surface area contributed by atoms with E-state index in [1.807, 2.05) is 17.0 Å². The van der Waals surface area contributed by atoms with Crippen LogP contribution in [0.2, 0.25) is 0 Å². The summed E-state index contributed by atoms with van der Waals surface area (Å²) >= 11 is 0. The van der Waals surface area contributed by atoms with Crippen molar-refractivity contribution in [3.63, 3.8) is 0 Å². The maximum absolute atomic E-state index is 12.7. The van der Waals surface area contributed by atoms with E-state index in [2.05, 4.69) is 48.4 Å². The number of piperidine rings is 1. The fourth-order valence-corrected chi connectivity index (χ4v) is 4.43. The van der Waals surface area contributed by atoms with Gasteiger partial charge < -0.3 is 15.0 Å². The van der Waals surface area contributed by atoms with Crippen molar-refractivity contribution in [3.05, 3.63) is 59.3 Å². The summed E-state index contributed by atoms with van der Waals surface area (Å²) in [5, 5.41) is 3.46. The number of anilines is 1. The molecule has 0 aliphatic carbocycles. The highest BCUT2D eigenvalue weighted by Gasteiger charge is 2.27. The van der Waals surface area contributed by atoms with Gasteiger partial charge in [-0.05, 0) is 56.2 Å². The first kappa shape index (κ1) is 20.9. The van der Waals surface area contributed by atoms with Crippen molar-refractivity contribution in [3.8, 4) is 0 Å². The molecule has 2 aliphatic rings. The van der Waals surface area contributed by atoms with Crippen LogP contribution in [0.25, 0.3) is 0 Å². The number of aryl methyl sites for hydroxylation is 1. The minimum absolute atomic E-state index is 0.0982. The number of nitrogens with zero attached hydrogens (tertiary/aromatic N) is 2. The number of nitrogens with one attached hydrogen (secondary N) is 1. The molecule has 0 radical (unpaired) electrons. The Hall–Kier alpha value is -2.40. The van der Waals surface area contributed by atoms with E-state index in [4.69, 9.17) is 4.74 Å². The molecule has 0 bridgehead atoms. The van der Waals surface area contributed by atoms with Gasteiger partial charge in [0.25, 0.3) is 5.91 Å². The topological polar surface area (TPSA) is 54.5 Å². The van der Waals surface area contributed by atoms with Crippen molar-refractivity contribution in [2.45, 2.75) is 45.6 Å². The van der Waals surface area contributed by atoms with Crippen LogP contribution in [0, 0.1) is 18.8 Å². The van der Waals surface area contributed by atoms with E-state index in [0.717, 1.165) is 57.7 Å². The third-order valence-corrected chi connectivity index (χ3v) is 6.48. The molecule has 160 valence electrons. The predicted octanol–water partition coefficient (Wildman–Crippen LogP) is 4.84. The summed E-state index contributed by atoms with van der Waals surface area (Å²) in [6, 6.07) is 12.5. The standard InChI is InChI=1S/C25H33N3O2/c1-18-5-7-20(8-6-18)24-21(4-3-15-30-24)16-26-23-10-9-22(17-27-23)25(29)28-13-11-19(2)12-14-28/h5-10,17,19,21,24H,3-4,11-16H2,1-2H3,(H,26,27). The van der Waals surface area contributed by atoms with Gasteiger partial charge in [-0.1, -0.05) is 36.8 Å². The Kier molecular flexibility index (Phi) is 6.68. The number of likely N-dealkylation sites (tertiary alicyclic amines) is 1. The molecule has 3 heterocycles. The smallest absolute Gasteiger partial charge is 0.255 e. The second-order valence-electron chi connectivity index (χ2n) is 8.89. The molecule has 2 unspecified atom stereocenters. The first-order chi connectivity index (χ1) is 14.6. The van der Waals surface area contributed by atoms with Gasteiger partial charge in [0.05, 0.1) is 11.7 Å². The first-order valence-corrected chi connectivity index (χ1v) is 11.3. The van der Waals surface area contributed by atoms with Crippen LogP contribution in [0.3, 0.4) is 0 Å². The molecule has 30 heavy (non-hydrogen) atoms. The Morgan fingerprint density at radius 1 is 1.13 bits per heavy atom. The van der Waals surface area contributed by atoms with E-state index in [-0.39, 0.29) is 12.0 Å². The van der Waals surface area contributed by atoms with Crippen molar-refractivity contribution in [2.24, 2.45) is 11.8 Å². The lowest BCUT2D eigenvalue weighted by Gasteiger charge is -2.32. The van der Waals surface area contributed by atoms with Gasteiger partial charge in [0, 0.05) is 38.4 Å². The van der Waals surface area contributed by atoms with Crippen LogP contribution in [0.1, 0.15) is 60.2 Å². The molecule has 2 fully saturated rings. The zero-order valence-corrected chi connectivity index (χ0v) is 18.1. The van der Waals surface area contributed by atoms with E-state index in [0.29, 0.717) is 17.4 Å². The summed E-state index contributed by atoms with van der Waals surface area (Å²) in [4.78, 5) is 19.2. The highest BCUT2D eigenvalue weighted by Crippen LogP contribution is 2.34. The van der Waals surface area contributed by atoms with Crippen molar-refractivity contribution in [1.29, 1.82) is 0 Å². The monoisotopic (exact) mass is 407 g/mol. The number of hydrogen-bond acceptors (Lipinski definition) is 4. The zero-order valence-electron chi connectivity index (χ0n) is 18.1. The molecular weight excluding hydrogens is 374 g/mol. The molecule has 4 rings (SSSR count). The molecule has 2 aliphatic heterocycles. The van der Waals surface area contributed by atoms with Crippen LogP contribution in [-0.2, 0) is 4.74 Å². The average Bonchev–Trinajstić information content (AvgIpc) is 2.79. The SMILES string of the molecule is Cc1ccc(C2OCCCC2CNc2ccc(C(=O)N3CCC(C)CC3)cn2)cc1. The van der Waals surface area contributed by atoms with E-state index < -0.39 is 0 Å². The number of amides is 1. The lowest BCUT2D eigenvalue weighted by molar-refractivity contribution is -0.0238. The summed E-state index contributed by atoms with van der Waals surface area (Å²) in [5.41, 5.74) is 3.19. The third-order valence-electron chi connectivity index (χ3n) is 6.48. The van der Waals surface area contributed by atoms with E-state index in [1.165, 1.54) is 11.1 Å². The Bertz CT molecular complexity index is 826. The van der Waals surface area contributed by atoms with Gasteiger partial charge >= 0.3 is 0 Å². The lowest BCUT2D eigenvalue weighted by Crippen LogP contribution is -2.37. The maximum atomic E-state index is 12.7. The van der Waals surface area contributed by atoms with Gasteiger partial charge in [-0.15, -0.1) is 0 Å². The number of carbonyl (C=O) groups is 1. The van der Waals surface area contributed by atoms with Crippen LogP contribution in [-0.4, -0.2) is 42.0 Å². The van der Waals surface area contributed by atoms with Crippen LogP contribution < -0.4 is 5.32 Å². The van der Waals surface area contributed by atoms with E-state index >= 15 is 0 Å². The van der Waals surface area contributed by atoms with Crippen molar-refractivity contribution in [1.82, 2.24) is 9.88 Å². The average molecular weight is 408 g/mol. The van der Waals surface area contributed by atoms with Crippen molar-refractivity contribution < 1.29 is 9.53 Å². The summed E-state index contributed by atoms with van der Waals surface area (Å²) in [6.07, 6.45) is 6.22. The fraction of sp³-hybridized carbons (Fsp3) is 0.520. The largest absolute Gasteiger partial charge is 0.373 e.